The van der Waals surface area contributed by atoms with E-state index in [1.165, 1.54) is 0 Å². The van der Waals surface area contributed by atoms with Gasteiger partial charge in [0.25, 0.3) is 0 Å². The summed E-state index contributed by atoms with van der Waals surface area (Å²) >= 11 is 0. The summed E-state index contributed by atoms with van der Waals surface area (Å²) in [7, 11) is 0. The maximum absolute atomic E-state index is 5.98. The summed E-state index contributed by atoms with van der Waals surface area (Å²) in [6.07, 6.45) is 0. The topological polar surface area (TPSA) is 135 Å². The van der Waals surface area contributed by atoms with Crippen LogP contribution in [0.1, 0.15) is 0 Å². The monoisotopic (exact) mass is 650 g/mol. The first kappa shape index (κ1) is 35.8. The second-order valence-electron chi connectivity index (χ2n) is 9.75. The molecule has 14 heteroatoms. The molecule has 2 aromatic carbocycles. The summed E-state index contributed by atoms with van der Waals surface area (Å²) in [5.74, 6) is 2.20. The number of ether oxygens (including phenoxy) is 12. The lowest BCUT2D eigenvalue weighted by Gasteiger charge is -2.15. The van der Waals surface area contributed by atoms with Gasteiger partial charge < -0.3 is 56.8 Å². The van der Waals surface area contributed by atoms with Crippen molar-refractivity contribution < 1.29 is 56.8 Å². The Morgan fingerprint density at radius 2 is 0.522 bits per heavy atom. The summed E-state index contributed by atoms with van der Waals surface area (Å²) in [6.45, 7) is 8.86. The second-order valence-corrected chi connectivity index (χ2v) is 9.75. The standard InChI is InChI=1S/C32H46N2O12/c1-3-29-31(45-23-19-41-15-11-37-7-5-35-9-13-39-17-21-43-29)25-27(1)33-34-28-2-4-30-32(26-28)46-24-20-42-16-12-38-8-6-36-10-14-40-18-22-44-30/h1-4,25-26H,5-24H2. The Morgan fingerprint density at radius 1 is 0.283 bits per heavy atom. The average molecular weight is 651 g/mol. The van der Waals surface area contributed by atoms with Gasteiger partial charge in [-0.15, -0.1) is 0 Å². The molecule has 0 aromatic heterocycles. The van der Waals surface area contributed by atoms with E-state index < -0.39 is 0 Å². The molecule has 0 aliphatic carbocycles. The Bertz CT molecular complexity index is 1040. The predicted molar refractivity (Wildman–Crippen MR) is 166 cm³/mol. The molecule has 0 saturated carbocycles. The average Bonchev–Trinajstić information content (AvgIpc) is 3.07. The highest BCUT2D eigenvalue weighted by Crippen LogP contribution is 2.35. The first-order valence-corrected chi connectivity index (χ1v) is 15.7. The lowest BCUT2D eigenvalue weighted by atomic mass is 10.2. The predicted octanol–water partition coefficient (Wildman–Crippen LogP) is 3.78. The quantitative estimate of drug-likeness (QED) is 0.438. The highest BCUT2D eigenvalue weighted by Gasteiger charge is 2.10. The van der Waals surface area contributed by atoms with Crippen LogP contribution in [-0.4, -0.2) is 132 Å². The van der Waals surface area contributed by atoms with Gasteiger partial charge in [-0.2, -0.15) is 10.2 Å². The lowest BCUT2D eigenvalue weighted by Crippen LogP contribution is -2.15. The van der Waals surface area contributed by atoms with E-state index in [1.54, 1.807) is 36.4 Å². The minimum absolute atomic E-state index is 0.328. The molecule has 14 nitrogen and oxygen atoms in total. The van der Waals surface area contributed by atoms with Crippen LogP contribution in [0.15, 0.2) is 46.6 Å². The third kappa shape index (κ3) is 15.0. The molecule has 46 heavy (non-hydrogen) atoms. The molecule has 0 amide bonds. The fourth-order valence-corrected chi connectivity index (χ4v) is 4.06. The smallest absolute Gasteiger partial charge is 0.163 e. The molecule has 0 bridgehead atoms. The van der Waals surface area contributed by atoms with Crippen molar-refractivity contribution in [3.05, 3.63) is 36.4 Å². The maximum Gasteiger partial charge on any atom is 0.163 e. The van der Waals surface area contributed by atoms with Crippen molar-refractivity contribution in [1.82, 2.24) is 0 Å². The number of azo groups is 1. The van der Waals surface area contributed by atoms with E-state index in [2.05, 4.69) is 10.2 Å². The van der Waals surface area contributed by atoms with Gasteiger partial charge in [0.05, 0.1) is 117 Å². The Balaban J connectivity index is 1.38. The number of rotatable bonds is 2. The van der Waals surface area contributed by atoms with Gasteiger partial charge in [-0.3, -0.25) is 0 Å². The fraction of sp³-hybridized carbons (Fsp3) is 0.625. The van der Waals surface area contributed by atoms with Crippen LogP contribution in [0, 0.1) is 0 Å². The van der Waals surface area contributed by atoms with Crippen molar-refractivity contribution in [1.29, 1.82) is 0 Å². The lowest BCUT2D eigenvalue weighted by molar-refractivity contribution is -0.00841. The SMILES string of the molecule is c1cc2c(cc1N=Nc1ccc3c(c1)OCCOCCOCCOCCOCCO3)OCCOCCOCCOCCOCCO2. The Morgan fingerprint density at radius 3 is 0.804 bits per heavy atom. The second kappa shape index (κ2) is 23.3. The first-order valence-electron chi connectivity index (χ1n) is 15.7. The van der Waals surface area contributed by atoms with E-state index in [1.807, 2.05) is 0 Å². The van der Waals surface area contributed by atoms with Crippen molar-refractivity contribution >= 4 is 11.4 Å². The van der Waals surface area contributed by atoms with E-state index >= 15 is 0 Å². The minimum Gasteiger partial charge on any atom is -0.487 e. The molecule has 0 N–H and O–H groups in total. The van der Waals surface area contributed by atoms with E-state index in [9.17, 15) is 0 Å². The molecule has 0 spiro atoms. The summed E-state index contributed by atoms with van der Waals surface area (Å²) in [5, 5.41) is 8.86. The number of fused-ring (bicyclic) bond motifs is 2. The van der Waals surface area contributed by atoms with Crippen molar-refractivity contribution in [2.75, 3.05) is 132 Å². The van der Waals surface area contributed by atoms with Gasteiger partial charge in [0.15, 0.2) is 23.0 Å². The van der Waals surface area contributed by atoms with Crippen LogP contribution in [-0.2, 0) is 37.9 Å². The van der Waals surface area contributed by atoms with Gasteiger partial charge in [0, 0.05) is 12.1 Å². The van der Waals surface area contributed by atoms with Crippen molar-refractivity contribution in [2.45, 2.75) is 0 Å². The van der Waals surface area contributed by atoms with Crippen molar-refractivity contribution in [3.63, 3.8) is 0 Å². The molecule has 0 unspecified atom stereocenters. The number of hydrogen-bond donors (Lipinski definition) is 0. The molecule has 2 aromatic rings. The Hall–Kier alpha value is -3.08. The normalized spacial score (nSPS) is 20.1. The zero-order chi connectivity index (χ0) is 31.7. The van der Waals surface area contributed by atoms with Gasteiger partial charge >= 0.3 is 0 Å². The van der Waals surface area contributed by atoms with Crippen LogP contribution in [0.4, 0.5) is 11.4 Å². The molecule has 0 fully saturated rings. The van der Waals surface area contributed by atoms with E-state index in [0.29, 0.717) is 167 Å². The van der Waals surface area contributed by atoms with E-state index in [0.717, 1.165) is 0 Å². The van der Waals surface area contributed by atoms with E-state index in [4.69, 9.17) is 56.8 Å². The highest BCUT2D eigenvalue weighted by atomic mass is 16.6. The molecule has 2 aliphatic rings. The fourth-order valence-electron chi connectivity index (χ4n) is 4.06. The number of nitrogens with zero attached hydrogens (tertiary/aromatic N) is 2. The molecule has 2 aliphatic heterocycles. The van der Waals surface area contributed by atoms with Gasteiger partial charge in [0.1, 0.15) is 26.4 Å². The summed E-state index contributed by atoms with van der Waals surface area (Å²) in [6, 6.07) is 10.8. The Kier molecular flexibility index (Phi) is 18.1. The molecular weight excluding hydrogens is 604 g/mol. The summed E-state index contributed by atoms with van der Waals surface area (Å²) < 4.78 is 68.2. The van der Waals surface area contributed by atoms with Crippen LogP contribution in [0.25, 0.3) is 0 Å². The van der Waals surface area contributed by atoms with Gasteiger partial charge in [0.2, 0.25) is 0 Å². The number of hydrogen-bond acceptors (Lipinski definition) is 14. The van der Waals surface area contributed by atoms with Gasteiger partial charge in [-0.1, -0.05) is 0 Å². The molecule has 4 rings (SSSR count). The van der Waals surface area contributed by atoms with Crippen LogP contribution >= 0.6 is 0 Å². The minimum atomic E-state index is 0.328. The molecule has 256 valence electrons. The molecular formula is C32H46N2O12. The highest BCUT2D eigenvalue weighted by molar-refractivity contribution is 5.54. The first-order chi connectivity index (χ1) is 22.9. The van der Waals surface area contributed by atoms with Crippen LogP contribution < -0.4 is 18.9 Å². The third-order valence-electron chi connectivity index (χ3n) is 6.31. The van der Waals surface area contributed by atoms with Gasteiger partial charge in [-0.05, 0) is 24.3 Å². The van der Waals surface area contributed by atoms with Crippen LogP contribution in [0.5, 0.6) is 23.0 Å². The molecule has 0 saturated heterocycles. The summed E-state index contributed by atoms with van der Waals surface area (Å²) in [4.78, 5) is 0. The van der Waals surface area contributed by atoms with Gasteiger partial charge in [-0.25, -0.2) is 0 Å². The maximum atomic E-state index is 5.98. The molecule has 0 radical (unpaired) electrons. The van der Waals surface area contributed by atoms with Crippen molar-refractivity contribution in [2.24, 2.45) is 10.2 Å². The zero-order valence-electron chi connectivity index (χ0n) is 26.4. The van der Waals surface area contributed by atoms with Crippen molar-refractivity contribution in [3.8, 4) is 23.0 Å². The largest absolute Gasteiger partial charge is 0.487 e. The molecule has 2 heterocycles. The molecule has 0 atom stereocenters. The third-order valence-corrected chi connectivity index (χ3v) is 6.31. The van der Waals surface area contributed by atoms with Crippen LogP contribution in [0.2, 0.25) is 0 Å². The Labute approximate surface area is 270 Å². The zero-order valence-corrected chi connectivity index (χ0v) is 26.4. The number of benzene rings is 2. The summed E-state index contributed by atoms with van der Waals surface area (Å²) in [5.41, 5.74) is 1.17. The van der Waals surface area contributed by atoms with E-state index in [-0.39, 0.29) is 0 Å². The van der Waals surface area contributed by atoms with Crippen LogP contribution in [0.3, 0.4) is 0 Å².